The first-order valence-electron chi connectivity index (χ1n) is 9.33. The normalized spacial score (nSPS) is 9.55. The average molecular weight is 414 g/mol. The Morgan fingerprint density at radius 2 is 0.742 bits per heavy atom. The topological polar surface area (TPSA) is 106 Å². The van der Waals surface area contributed by atoms with E-state index in [2.05, 4.69) is 0 Å². The van der Waals surface area contributed by atoms with Crippen molar-refractivity contribution in [2.45, 2.75) is 0 Å². The fourth-order valence-corrected chi connectivity index (χ4v) is 3.08. The summed E-state index contributed by atoms with van der Waals surface area (Å²) in [4.78, 5) is 22.0. The molecule has 0 saturated heterocycles. The van der Waals surface area contributed by atoms with Crippen LogP contribution in [0.3, 0.4) is 0 Å². The van der Waals surface area contributed by atoms with E-state index in [0.29, 0.717) is 11.1 Å². The molecule has 5 heteroatoms. The summed E-state index contributed by atoms with van der Waals surface area (Å²) in [6.45, 7) is 0. The van der Waals surface area contributed by atoms with Gasteiger partial charge in [-0.2, -0.15) is 0 Å². The first-order valence-corrected chi connectivity index (χ1v) is 9.33. The molecule has 5 nitrogen and oxygen atoms in total. The van der Waals surface area contributed by atoms with Crippen LogP contribution in [0.25, 0.3) is 22.3 Å². The van der Waals surface area contributed by atoms with Crippen LogP contribution in [0.1, 0.15) is 20.7 Å². The zero-order valence-corrected chi connectivity index (χ0v) is 16.6. The largest absolute Gasteiger partial charge is 0.478 e. The van der Waals surface area contributed by atoms with Crippen LogP contribution in [0.2, 0.25) is 0 Å². The van der Waals surface area contributed by atoms with Crippen LogP contribution in [-0.4, -0.2) is 27.6 Å². The highest BCUT2D eigenvalue weighted by Crippen LogP contribution is 2.24. The van der Waals surface area contributed by atoms with Crippen LogP contribution in [-0.2, 0) is 0 Å². The zero-order chi connectivity index (χ0) is 21.3. The number of benzene rings is 4. The van der Waals surface area contributed by atoms with Gasteiger partial charge in [-0.1, -0.05) is 97.1 Å². The Labute approximate surface area is 180 Å². The Morgan fingerprint density at radius 3 is 1.06 bits per heavy atom. The van der Waals surface area contributed by atoms with Gasteiger partial charge in [0, 0.05) is 0 Å². The van der Waals surface area contributed by atoms with E-state index in [9.17, 15) is 9.59 Å². The lowest BCUT2D eigenvalue weighted by Gasteiger charge is -2.05. The summed E-state index contributed by atoms with van der Waals surface area (Å²) in [5, 5.41) is 18.1. The first-order chi connectivity index (χ1) is 14.6. The van der Waals surface area contributed by atoms with E-state index in [1.807, 2.05) is 84.9 Å². The first kappa shape index (κ1) is 23.1. The second-order valence-corrected chi connectivity index (χ2v) is 6.43. The molecular formula is C26H22O5. The van der Waals surface area contributed by atoms with Crippen molar-refractivity contribution >= 4 is 11.9 Å². The number of aromatic carboxylic acids is 2. The summed E-state index contributed by atoms with van der Waals surface area (Å²) in [5.41, 5.74) is 4.04. The Hall–Kier alpha value is -4.22. The van der Waals surface area contributed by atoms with Crippen molar-refractivity contribution in [1.29, 1.82) is 0 Å². The molecule has 4 rings (SSSR count). The molecule has 156 valence electrons. The summed E-state index contributed by atoms with van der Waals surface area (Å²) in [7, 11) is 0. The SMILES string of the molecule is O.O=C(O)c1ccccc1-c1ccccc1.O=C(O)c1ccccc1-c1ccccc1. The fourth-order valence-electron chi connectivity index (χ4n) is 3.08. The van der Waals surface area contributed by atoms with Crippen molar-refractivity contribution < 1.29 is 25.3 Å². The lowest BCUT2D eigenvalue weighted by atomic mass is 10.00. The molecule has 0 bridgehead atoms. The monoisotopic (exact) mass is 414 g/mol. The molecule has 0 unspecified atom stereocenters. The van der Waals surface area contributed by atoms with Gasteiger partial charge in [0.25, 0.3) is 0 Å². The van der Waals surface area contributed by atoms with Crippen LogP contribution in [0.15, 0.2) is 109 Å². The third-order valence-corrected chi connectivity index (χ3v) is 4.48. The van der Waals surface area contributed by atoms with Crippen LogP contribution in [0, 0.1) is 0 Å². The second kappa shape index (κ2) is 11.1. The summed E-state index contributed by atoms with van der Waals surface area (Å²) < 4.78 is 0. The third-order valence-electron chi connectivity index (χ3n) is 4.48. The molecule has 0 aliphatic heterocycles. The number of rotatable bonds is 4. The van der Waals surface area contributed by atoms with Gasteiger partial charge in [-0.15, -0.1) is 0 Å². The van der Waals surface area contributed by atoms with Crippen molar-refractivity contribution in [2.24, 2.45) is 0 Å². The lowest BCUT2D eigenvalue weighted by Crippen LogP contribution is -1.98. The molecule has 0 heterocycles. The van der Waals surface area contributed by atoms with Crippen LogP contribution in [0.5, 0.6) is 0 Å². The molecule has 4 N–H and O–H groups in total. The van der Waals surface area contributed by atoms with E-state index in [-0.39, 0.29) is 5.48 Å². The van der Waals surface area contributed by atoms with Gasteiger partial charge >= 0.3 is 11.9 Å². The van der Waals surface area contributed by atoms with Gasteiger partial charge in [-0.25, -0.2) is 9.59 Å². The minimum absolute atomic E-state index is 0. The molecular weight excluding hydrogens is 392 g/mol. The van der Waals surface area contributed by atoms with E-state index < -0.39 is 11.9 Å². The Morgan fingerprint density at radius 1 is 0.452 bits per heavy atom. The predicted molar refractivity (Wildman–Crippen MR) is 121 cm³/mol. The van der Waals surface area contributed by atoms with Gasteiger partial charge in [-0.05, 0) is 34.4 Å². The minimum atomic E-state index is -0.894. The number of carbonyl (C=O) groups is 2. The fraction of sp³-hybridized carbons (Fsp3) is 0. The van der Waals surface area contributed by atoms with E-state index >= 15 is 0 Å². The van der Waals surface area contributed by atoms with Crippen molar-refractivity contribution in [1.82, 2.24) is 0 Å². The smallest absolute Gasteiger partial charge is 0.336 e. The van der Waals surface area contributed by atoms with Crippen molar-refractivity contribution in [3.8, 4) is 22.3 Å². The molecule has 0 atom stereocenters. The summed E-state index contributed by atoms with van der Waals surface area (Å²) >= 11 is 0. The second-order valence-electron chi connectivity index (χ2n) is 6.43. The van der Waals surface area contributed by atoms with E-state index in [0.717, 1.165) is 22.3 Å². The van der Waals surface area contributed by atoms with E-state index in [1.54, 1.807) is 24.3 Å². The van der Waals surface area contributed by atoms with Crippen LogP contribution >= 0.6 is 0 Å². The molecule has 0 fully saturated rings. The lowest BCUT2D eigenvalue weighted by molar-refractivity contribution is 0.0687. The van der Waals surface area contributed by atoms with Gasteiger partial charge in [0.1, 0.15) is 0 Å². The van der Waals surface area contributed by atoms with Gasteiger partial charge in [-0.3, -0.25) is 0 Å². The average Bonchev–Trinajstić information content (AvgIpc) is 2.80. The quantitative estimate of drug-likeness (QED) is 0.474. The number of carboxylic acid groups (broad SMARTS) is 2. The van der Waals surface area contributed by atoms with Crippen molar-refractivity contribution in [2.75, 3.05) is 0 Å². The molecule has 4 aromatic rings. The van der Waals surface area contributed by atoms with Crippen molar-refractivity contribution in [3.63, 3.8) is 0 Å². The number of hydrogen-bond acceptors (Lipinski definition) is 2. The highest BCUT2D eigenvalue weighted by Gasteiger charge is 2.10. The Bertz CT molecular complexity index is 1050. The van der Waals surface area contributed by atoms with Crippen molar-refractivity contribution in [3.05, 3.63) is 120 Å². The summed E-state index contributed by atoms with van der Waals surface area (Å²) in [6.07, 6.45) is 0. The summed E-state index contributed by atoms with van der Waals surface area (Å²) in [6, 6.07) is 33.0. The molecule has 0 aliphatic carbocycles. The van der Waals surface area contributed by atoms with Gasteiger partial charge in [0.05, 0.1) is 11.1 Å². The van der Waals surface area contributed by atoms with Gasteiger partial charge in [0.2, 0.25) is 0 Å². The molecule has 0 saturated carbocycles. The van der Waals surface area contributed by atoms with E-state index in [1.165, 1.54) is 0 Å². The van der Waals surface area contributed by atoms with Gasteiger partial charge < -0.3 is 15.7 Å². The predicted octanol–water partition coefficient (Wildman–Crippen LogP) is 5.28. The molecule has 31 heavy (non-hydrogen) atoms. The maximum Gasteiger partial charge on any atom is 0.336 e. The number of hydrogen-bond donors (Lipinski definition) is 2. The van der Waals surface area contributed by atoms with E-state index in [4.69, 9.17) is 10.2 Å². The Balaban J connectivity index is 0.000000213. The van der Waals surface area contributed by atoms with Crippen LogP contribution in [0.4, 0.5) is 0 Å². The standard InChI is InChI=1S/2C13H10O2.H2O/c2*14-13(15)12-9-5-4-8-11(12)10-6-2-1-3-7-10;/h2*1-9H,(H,14,15);1H2. The third kappa shape index (κ3) is 5.88. The molecule has 0 spiro atoms. The maximum absolute atomic E-state index is 11.0. The zero-order valence-electron chi connectivity index (χ0n) is 16.6. The molecule has 4 aromatic carbocycles. The molecule has 0 radical (unpaired) electrons. The molecule has 0 aliphatic rings. The molecule has 0 aromatic heterocycles. The van der Waals surface area contributed by atoms with Crippen LogP contribution < -0.4 is 0 Å². The minimum Gasteiger partial charge on any atom is -0.478 e. The highest BCUT2D eigenvalue weighted by atomic mass is 16.4. The summed E-state index contributed by atoms with van der Waals surface area (Å²) in [5.74, 6) is -1.79. The Kier molecular flexibility index (Phi) is 8.25. The maximum atomic E-state index is 11.0. The molecule has 0 amide bonds. The number of carboxylic acids is 2. The van der Waals surface area contributed by atoms with Gasteiger partial charge in [0.15, 0.2) is 0 Å². The highest BCUT2D eigenvalue weighted by molar-refractivity contribution is 5.96.